The number of aryl methyl sites for hydroxylation is 1. The van der Waals surface area contributed by atoms with Crippen LogP contribution in [0.15, 0.2) is 48.5 Å². The maximum atomic E-state index is 13.5. The van der Waals surface area contributed by atoms with E-state index in [1.54, 1.807) is 6.07 Å². The Bertz CT molecular complexity index is 540. The molecule has 0 bridgehead atoms. The lowest BCUT2D eigenvalue weighted by atomic mass is 9.77. The summed E-state index contributed by atoms with van der Waals surface area (Å²) < 4.78 is 13.5. The van der Waals surface area contributed by atoms with Crippen LogP contribution in [0.1, 0.15) is 34.9 Å². The minimum Gasteiger partial charge on any atom is -0.316 e. The quantitative estimate of drug-likeness (QED) is 0.869. The van der Waals surface area contributed by atoms with Gasteiger partial charge in [-0.15, -0.1) is 0 Å². The monoisotopic (exact) mass is 269 g/mol. The maximum Gasteiger partial charge on any atom is 0.123 e. The summed E-state index contributed by atoms with van der Waals surface area (Å²) in [6, 6.07) is 15.8. The molecule has 0 amide bonds. The van der Waals surface area contributed by atoms with E-state index < -0.39 is 0 Å². The molecule has 2 atom stereocenters. The fourth-order valence-electron chi connectivity index (χ4n) is 3.25. The van der Waals surface area contributed by atoms with Crippen molar-refractivity contribution in [2.24, 2.45) is 0 Å². The Morgan fingerprint density at radius 1 is 1.00 bits per heavy atom. The molecule has 104 valence electrons. The second-order valence-electron chi connectivity index (χ2n) is 5.67. The molecule has 0 aromatic heterocycles. The molecule has 3 rings (SSSR count). The Balaban J connectivity index is 1.95. The van der Waals surface area contributed by atoms with Gasteiger partial charge >= 0.3 is 0 Å². The van der Waals surface area contributed by atoms with Gasteiger partial charge in [-0.2, -0.15) is 0 Å². The van der Waals surface area contributed by atoms with E-state index in [1.165, 1.54) is 17.2 Å². The molecule has 1 fully saturated rings. The predicted octanol–water partition coefficient (Wildman–Crippen LogP) is 3.99. The highest BCUT2D eigenvalue weighted by atomic mass is 19.1. The molecule has 20 heavy (non-hydrogen) atoms. The van der Waals surface area contributed by atoms with E-state index in [2.05, 4.69) is 36.5 Å². The molecule has 2 unspecified atom stereocenters. The molecule has 2 aromatic rings. The standard InChI is InChI=1S/C18H20FN/c1-13-4-2-5-14(10-13)17-8-9-20-12-18(17)15-6-3-7-16(19)11-15/h2-7,10-11,17-18,20H,8-9,12H2,1H3. The lowest BCUT2D eigenvalue weighted by molar-refractivity contribution is 0.403. The van der Waals surface area contributed by atoms with Crippen LogP contribution >= 0.6 is 0 Å². The Morgan fingerprint density at radius 2 is 1.75 bits per heavy atom. The van der Waals surface area contributed by atoms with Crippen LogP contribution in [0.4, 0.5) is 4.39 Å². The summed E-state index contributed by atoms with van der Waals surface area (Å²) in [4.78, 5) is 0. The van der Waals surface area contributed by atoms with Crippen molar-refractivity contribution in [3.63, 3.8) is 0 Å². The largest absolute Gasteiger partial charge is 0.316 e. The van der Waals surface area contributed by atoms with Crippen molar-refractivity contribution in [2.45, 2.75) is 25.2 Å². The molecule has 1 aliphatic rings. The lowest BCUT2D eigenvalue weighted by Gasteiger charge is -2.33. The third-order valence-corrected chi connectivity index (χ3v) is 4.23. The van der Waals surface area contributed by atoms with Crippen LogP contribution in [-0.2, 0) is 0 Å². The number of hydrogen-bond acceptors (Lipinski definition) is 1. The van der Waals surface area contributed by atoms with Crippen LogP contribution < -0.4 is 5.32 Å². The van der Waals surface area contributed by atoms with Gasteiger partial charge in [-0.3, -0.25) is 0 Å². The Kier molecular flexibility index (Phi) is 3.83. The summed E-state index contributed by atoms with van der Waals surface area (Å²) in [5, 5.41) is 3.44. The first-order valence-corrected chi connectivity index (χ1v) is 7.27. The van der Waals surface area contributed by atoms with Gasteiger partial charge in [0, 0.05) is 12.5 Å². The van der Waals surface area contributed by atoms with E-state index in [4.69, 9.17) is 0 Å². The van der Waals surface area contributed by atoms with Gasteiger partial charge in [-0.05, 0) is 49.1 Å². The summed E-state index contributed by atoms with van der Waals surface area (Å²) in [5.41, 5.74) is 3.77. The van der Waals surface area contributed by atoms with Crippen molar-refractivity contribution in [2.75, 3.05) is 13.1 Å². The predicted molar refractivity (Wildman–Crippen MR) is 80.5 cm³/mol. The van der Waals surface area contributed by atoms with Gasteiger partial charge < -0.3 is 5.32 Å². The van der Waals surface area contributed by atoms with Gasteiger partial charge in [0.2, 0.25) is 0 Å². The third kappa shape index (κ3) is 2.75. The molecule has 0 aliphatic carbocycles. The van der Waals surface area contributed by atoms with Crippen molar-refractivity contribution in [1.29, 1.82) is 0 Å². The van der Waals surface area contributed by atoms with Crippen molar-refractivity contribution in [3.8, 4) is 0 Å². The van der Waals surface area contributed by atoms with E-state index in [0.717, 1.165) is 25.1 Å². The zero-order chi connectivity index (χ0) is 13.9. The molecular formula is C18H20FN. The van der Waals surface area contributed by atoms with E-state index in [1.807, 2.05) is 12.1 Å². The van der Waals surface area contributed by atoms with Crippen LogP contribution in [0.5, 0.6) is 0 Å². The van der Waals surface area contributed by atoms with Crippen molar-refractivity contribution < 1.29 is 4.39 Å². The lowest BCUT2D eigenvalue weighted by Crippen LogP contribution is -2.34. The highest BCUT2D eigenvalue weighted by Crippen LogP contribution is 2.37. The molecule has 1 aliphatic heterocycles. The molecule has 1 heterocycles. The van der Waals surface area contributed by atoms with Crippen molar-refractivity contribution >= 4 is 0 Å². The number of rotatable bonds is 2. The Hall–Kier alpha value is -1.67. The average molecular weight is 269 g/mol. The van der Waals surface area contributed by atoms with Gasteiger partial charge in [0.1, 0.15) is 5.82 Å². The van der Waals surface area contributed by atoms with Crippen LogP contribution in [0.3, 0.4) is 0 Å². The highest BCUT2D eigenvalue weighted by Gasteiger charge is 2.27. The average Bonchev–Trinajstić information content (AvgIpc) is 2.47. The number of benzene rings is 2. The van der Waals surface area contributed by atoms with Crippen molar-refractivity contribution in [1.82, 2.24) is 5.32 Å². The van der Waals surface area contributed by atoms with E-state index >= 15 is 0 Å². The van der Waals surface area contributed by atoms with Crippen LogP contribution in [0.25, 0.3) is 0 Å². The summed E-state index contributed by atoms with van der Waals surface area (Å²) in [7, 11) is 0. The SMILES string of the molecule is Cc1cccc(C2CCNCC2c2cccc(F)c2)c1. The molecule has 1 saturated heterocycles. The first kappa shape index (κ1) is 13.3. The van der Waals surface area contributed by atoms with Crippen LogP contribution in [-0.4, -0.2) is 13.1 Å². The van der Waals surface area contributed by atoms with Crippen molar-refractivity contribution in [3.05, 3.63) is 71.0 Å². The van der Waals surface area contributed by atoms with E-state index in [9.17, 15) is 4.39 Å². The smallest absolute Gasteiger partial charge is 0.123 e. The molecule has 2 aromatic carbocycles. The second-order valence-corrected chi connectivity index (χ2v) is 5.67. The first-order chi connectivity index (χ1) is 9.74. The topological polar surface area (TPSA) is 12.0 Å². The van der Waals surface area contributed by atoms with E-state index in [0.29, 0.717) is 11.8 Å². The van der Waals surface area contributed by atoms with Gasteiger partial charge in [-0.1, -0.05) is 42.0 Å². The zero-order valence-electron chi connectivity index (χ0n) is 11.8. The summed E-state index contributed by atoms with van der Waals surface area (Å²) in [5.74, 6) is 0.676. The summed E-state index contributed by atoms with van der Waals surface area (Å²) in [6.07, 6.45) is 1.10. The fourth-order valence-corrected chi connectivity index (χ4v) is 3.25. The molecule has 0 saturated carbocycles. The number of nitrogens with one attached hydrogen (secondary N) is 1. The minimum absolute atomic E-state index is 0.143. The Morgan fingerprint density at radius 3 is 2.50 bits per heavy atom. The molecular weight excluding hydrogens is 249 g/mol. The summed E-state index contributed by atoms with van der Waals surface area (Å²) >= 11 is 0. The number of hydrogen-bond donors (Lipinski definition) is 1. The van der Waals surface area contributed by atoms with E-state index in [-0.39, 0.29) is 5.82 Å². The summed E-state index contributed by atoms with van der Waals surface area (Å²) in [6.45, 7) is 4.08. The minimum atomic E-state index is -0.143. The highest BCUT2D eigenvalue weighted by molar-refractivity contribution is 5.32. The zero-order valence-corrected chi connectivity index (χ0v) is 11.8. The van der Waals surface area contributed by atoms with Gasteiger partial charge in [0.05, 0.1) is 0 Å². The number of halogens is 1. The normalized spacial score (nSPS) is 22.7. The fraction of sp³-hybridized carbons (Fsp3) is 0.333. The maximum absolute atomic E-state index is 13.5. The molecule has 0 radical (unpaired) electrons. The first-order valence-electron chi connectivity index (χ1n) is 7.27. The molecule has 0 spiro atoms. The third-order valence-electron chi connectivity index (χ3n) is 4.23. The number of piperidine rings is 1. The molecule has 1 nitrogen and oxygen atoms in total. The second kappa shape index (κ2) is 5.76. The molecule has 1 N–H and O–H groups in total. The van der Waals surface area contributed by atoms with Crippen LogP contribution in [0.2, 0.25) is 0 Å². The Labute approximate surface area is 119 Å². The van der Waals surface area contributed by atoms with Gasteiger partial charge in [0.25, 0.3) is 0 Å². The molecule has 2 heteroatoms. The van der Waals surface area contributed by atoms with Gasteiger partial charge in [-0.25, -0.2) is 4.39 Å². The van der Waals surface area contributed by atoms with Crippen LogP contribution in [0, 0.1) is 12.7 Å². The van der Waals surface area contributed by atoms with Gasteiger partial charge in [0.15, 0.2) is 0 Å².